The number of hydrogen-bond donors (Lipinski definition) is 1. The maximum Gasteiger partial charge on any atom is 0.0359 e. The van der Waals surface area contributed by atoms with Crippen LogP contribution >= 0.6 is 0 Å². The fraction of sp³-hybridized carbons (Fsp3) is 1.00. The molecule has 3 unspecified atom stereocenters. The van der Waals surface area contributed by atoms with Crippen LogP contribution < -0.4 is 5.73 Å². The van der Waals surface area contributed by atoms with Crippen LogP contribution in [0.2, 0.25) is 0 Å². The van der Waals surface area contributed by atoms with Gasteiger partial charge in [0, 0.05) is 12.1 Å². The Bertz CT molecular complexity index is 320. The van der Waals surface area contributed by atoms with Crippen LogP contribution in [0.25, 0.3) is 0 Å². The zero-order chi connectivity index (χ0) is 15.5. The van der Waals surface area contributed by atoms with Crippen molar-refractivity contribution in [2.24, 2.45) is 23.0 Å². The fourth-order valence-electron chi connectivity index (χ4n) is 5.10. The van der Waals surface area contributed by atoms with Gasteiger partial charge in [-0.15, -0.1) is 0 Å². The van der Waals surface area contributed by atoms with Crippen LogP contribution in [-0.4, -0.2) is 30.1 Å². The summed E-state index contributed by atoms with van der Waals surface area (Å²) in [5, 5.41) is 0. The van der Waals surface area contributed by atoms with Crippen molar-refractivity contribution in [3.63, 3.8) is 0 Å². The van der Waals surface area contributed by atoms with E-state index in [0.717, 1.165) is 18.4 Å². The summed E-state index contributed by atoms with van der Waals surface area (Å²) in [7, 11) is 0. The molecule has 2 heteroatoms. The summed E-state index contributed by atoms with van der Waals surface area (Å²) in [4.78, 5) is 2.83. The second-order valence-electron chi connectivity index (χ2n) is 8.64. The fourth-order valence-corrected chi connectivity index (χ4v) is 5.10. The van der Waals surface area contributed by atoms with E-state index in [0.29, 0.717) is 11.0 Å². The molecule has 2 aliphatic rings. The SMILES string of the molecule is CCC1CCCCC1(CN)N1CCCC(C(C)(C)C)CC1. The highest BCUT2D eigenvalue weighted by molar-refractivity contribution is 5.00. The van der Waals surface area contributed by atoms with E-state index < -0.39 is 0 Å². The first-order valence-corrected chi connectivity index (χ1v) is 9.39. The molecule has 0 aromatic rings. The van der Waals surface area contributed by atoms with Crippen LogP contribution in [0.15, 0.2) is 0 Å². The molecule has 3 atom stereocenters. The number of hydrogen-bond acceptors (Lipinski definition) is 2. The molecular formula is C19H38N2. The highest BCUT2D eigenvalue weighted by Crippen LogP contribution is 2.42. The van der Waals surface area contributed by atoms with Gasteiger partial charge >= 0.3 is 0 Å². The highest BCUT2D eigenvalue weighted by Gasteiger charge is 2.44. The third kappa shape index (κ3) is 3.64. The summed E-state index contributed by atoms with van der Waals surface area (Å²) < 4.78 is 0. The van der Waals surface area contributed by atoms with Crippen LogP contribution in [0.5, 0.6) is 0 Å². The Morgan fingerprint density at radius 3 is 2.43 bits per heavy atom. The van der Waals surface area contributed by atoms with Gasteiger partial charge in [0.2, 0.25) is 0 Å². The van der Waals surface area contributed by atoms with Crippen LogP contribution in [0.4, 0.5) is 0 Å². The van der Waals surface area contributed by atoms with Crippen LogP contribution in [0, 0.1) is 17.3 Å². The zero-order valence-corrected chi connectivity index (χ0v) is 15.0. The van der Waals surface area contributed by atoms with Gasteiger partial charge in [-0.3, -0.25) is 4.90 Å². The first-order valence-electron chi connectivity index (χ1n) is 9.39. The minimum atomic E-state index is 0.319. The molecule has 0 radical (unpaired) electrons. The summed E-state index contributed by atoms with van der Waals surface area (Å²) in [6.07, 6.45) is 11.0. The molecule has 0 bridgehead atoms. The summed E-state index contributed by atoms with van der Waals surface area (Å²) >= 11 is 0. The largest absolute Gasteiger partial charge is 0.329 e. The van der Waals surface area contributed by atoms with E-state index in [2.05, 4.69) is 32.6 Å². The molecule has 1 saturated heterocycles. The van der Waals surface area contributed by atoms with Gasteiger partial charge in [0.05, 0.1) is 0 Å². The van der Waals surface area contributed by atoms with Crippen molar-refractivity contribution in [2.45, 2.75) is 84.6 Å². The maximum absolute atomic E-state index is 6.36. The summed E-state index contributed by atoms with van der Waals surface area (Å²) in [5.74, 6) is 1.70. The van der Waals surface area contributed by atoms with Crippen molar-refractivity contribution in [1.82, 2.24) is 4.90 Å². The molecule has 2 N–H and O–H groups in total. The molecular weight excluding hydrogens is 256 g/mol. The molecule has 1 aliphatic heterocycles. The third-order valence-corrected chi connectivity index (χ3v) is 6.60. The van der Waals surface area contributed by atoms with E-state index in [4.69, 9.17) is 5.73 Å². The molecule has 0 spiro atoms. The maximum atomic E-state index is 6.36. The topological polar surface area (TPSA) is 29.3 Å². The minimum absolute atomic E-state index is 0.319. The Hall–Kier alpha value is -0.0800. The Kier molecular flexibility index (Phi) is 5.76. The first kappa shape index (κ1) is 17.3. The van der Waals surface area contributed by atoms with E-state index in [9.17, 15) is 0 Å². The predicted molar refractivity (Wildman–Crippen MR) is 92.4 cm³/mol. The van der Waals surface area contributed by atoms with Crippen LogP contribution in [-0.2, 0) is 0 Å². The van der Waals surface area contributed by atoms with E-state index in [1.165, 1.54) is 64.5 Å². The summed E-state index contributed by atoms with van der Waals surface area (Å²) in [6.45, 7) is 13.0. The average molecular weight is 295 g/mol. The summed E-state index contributed by atoms with van der Waals surface area (Å²) in [6, 6.07) is 0. The predicted octanol–water partition coefficient (Wildman–Crippen LogP) is 4.43. The van der Waals surface area contributed by atoms with E-state index in [1.54, 1.807) is 0 Å². The van der Waals surface area contributed by atoms with Crippen molar-refractivity contribution in [1.29, 1.82) is 0 Å². The molecule has 1 saturated carbocycles. The lowest BCUT2D eigenvalue weighted by molar-refractivity contribution is 0.00453. The second-order valence-corrected chi connectivity index (χ2v) is 8.64. The normalized spacial score (nSPS) is 36.4. The standard InChI is InChI=1S/C19H38N2/c1-5-16-9-6-7-12-19(16,15-20)21-13-8-10-17(11-14-21)18(2,3)4/h16-17H,5-15,20H2,1-4H3. The third-order valence-electron chi connectivity index (χ3n) is 6.60. The molecule has 0 amide bonds. The van der Waals surface area contributed by atoms with E-state index >= 15 is 0 Å². The van der Waals surface area contributed by atoms with Gasteiger partial charge in [-0.2, -0.15) is 0 Å². The average Bonchev–Trinajstić information content (AvgIpc) is 2.73. The van der Waals surface area contributed by atoms with Gasteiger partial charge in [-0.1, -0.05) is 47.0 Å². The van der Waals surface area contributed by atoms with Crippen molar-refractivity contribution in [2.75, 3.05) is 19.6 Å². The minimum Gasteiger partial charge on any atom is -0.329 e. The number of likely N-dealkylation sites (tertiary alicyclic amines) is 1. The van der Waals surface area contributed by atoms with Gasteiger partial charge < -0.3 is 5.73 Å². The van der Waals surface area contributed by atoms with Gasteiger partial charge in [0.1, 0.15) is 0 Å². The Labute approximate surface area is 132 Å². The molecule has 124 valence electrons. The molecule has 2 rings (SSSR count). The molecule has 1 heterocycles. The number of nitrogens with two attached hydrogens (primary N) is 1. The molecule has 0 aromatic carbocycles. The monoisotopic (exact) mass is 294 g/mol. The molecule has 0 aromatic heterocycles. The number of nitrogens with zero attached hydrogens (tertiary/aromatic N) is 1. The van der Waals surface area contributed by atoms with E-state index in [1.807, 2.05) is 0 Å². The van der Waals surface area contributed by atoms with Crippen molar-refractivity contribution in [3.05, 3.63) is 0 Å². The quantitative estimate of drug-likeness (QED) is 0.834. The Morgan fingerprint density at radius 1 is 1.05 bits per heavy atom. The van der Waals surface area contributed by atoms with Gasteiger partial charge in [0.25, 0.3) is 0 Å². The van der Waals surface area contributed by atoms with Crippen LogP contribution in [0.1, 0.15) is 79.1 Å². The lowest BCUT2D eigenvalue weighted by atomic mass is 9.70. The summed E-state index contributed by atoms with van der Waals surface area (Å²) in [5.41, 5.74) is 7.14. The van der Waals surface area contributed by atoms with Crippen molar-refractivity contribution < 1.29 is 0 Å². The molecule has 2 fully saturated rings. The highest BCUT2D eigenvalue weighted by atomic mass is 15.2. The second kappa shape index (κ2) is 7.00. The smallest absolute Gasteiger partial charge is 0.0359 e. The van der Waals surface area contributed by atoms with Gasteiger partial charge in [-0.05, 0) is 62.4 Å². The molecule has 2 nitrogen and oxygen atoms in total. The lowest BCUT2D eigenvalue weighted by Gasteiger charge is -2.51. The van der Waals surface area contributed by atoms with Gasteiger partial charge in [-0.25, -0.2) is 0 Å². The molecule has 1 aliphatic carbocycles. The lowest BCUT2D eigenvalue weighted by Crippen LogP contribution is -2.60. The van der Waals surface area contributed by atoms with Crippen molar-refractivity contribution >= 4 is 0 Å². The Morgan fingerprint density at radius 2 is 1.81 bits per heavy atom. The number of rotatable bonds is 3. The Balaban J connectivity index is 2.11. The zero-order valence-electron chi connectivity index (χ0n) is 15.0. The van der Waals surface area contributed by atoms with E-state index in [-0.39, 0.29) is 0 Å². The molecule has 21 heavy (non-hydrogen) atoms. The van der Waals surface area contributed by atoms with Crippen molar-refractivity contribution in [3.8, 4) is 0 Å². The first-order chi connectivity index (χ1) is 9.94. The van der Waals surface area contributed by atoms with Crippen LogP contribution in [0.3, 0.4) is 0 Å². The van der Waals surface area contributed by atoms with Gasteiger partial charge in [0.15, 0.2) is 0 Å².